The average Bonchev–Trinajstić information content (AvgIpc) is 3.03. The van der Waals surface area contributed by atoms with E-state index in [0.29, 0.717) is 0 Å². The molecule has 2 fully saturated rings. The fourth-order valence-corrected chi connectivity index (χ4v) is 3.61. The van der Waals surface area contributed by atoms with Gasteiger partial charge in [-0.05, 0) is 37.9 Å². The van der Waals surface area contributed by atoms with Crippen molar-refractivity contribution in [2.45, 2.75) is 37.5 Å². The van der Waals surface area contributed by atoms with Gasteiger partial charge in [-0.3, -0.25) is 9.69 Å². The summed E-state index contributed by atoms with van der Waals surface area (Å²) in [5.74, 6) is 0.0630. The first-order valence-corrected chi connectivity index (χ1v) is 8.55. The highest BCUT2D eigenvalue weighted by Crippen LogP contribution is 2.23. The van der Waals surface area contributed by atoms with Gasteiger partial charge in [0.2, 0.25) is 0 Å². The maximum atomic E-state index is 12.7. The standard InChI is InChI=1S/C18H27N3O2/c1-23-18(8-10-19-11-9-18)17(22)20-16-7-12-21(14-16)13-15-5-3-2-4-6-15/h2-6,16,19H,7-14H2,1H3,(H,20,22). The maximum absolute atomic E-state index is 12.7. The molecule has 5 heteroatoms. The number of hydrogen-bond donors (Lipinski definition) is 2. The highest BCUT2D eigenvalue weighted by Gasteiger charge is 2.41. The largest absolute Gasteiger partial charge is 0.368 e. The summed E-state index contributed by atoms with van der Waals surface area (Å²) < 4.78 is 5.61. The van der Waals surface area contributed by atoms with E-state index in [-0.39, 0.29) is 11.9 Å². The quantitative estimate of drug-likeness (QED) is 0.855. The van der Waals surface area contributed by atoms with Crippen LogP contribution in [0.5, 0.6) is 0 Å². The van der Waals surface area contributed by atoms with Crippen molar-refractivity contribution in [1.29, 1.82) is 0 Å². The Balaban J connectivity index is 1.52. The lowest BCUT2D eigenvalue weighted by atomic mass is 9.90. The lowest BCUT2D eigenvalue weighted by Crippen LogP contribution is -2.56. The molecule has 2 saturated heterocycles. The Morgan fingerprint density at radius 1 is 1.35 bits per heavy atom. The Hall–Kier alpha value is -1.43. The lowest BCUT2D eigenvalue weighted by molar-refractivity contribution is -0.147. The van der Waals surface area contributed by atoms with Crippen LogP contribution < -0.4 is 10.6 Å². The average molecular weight is 317 g/mol. The third kappa shape index (κ3) is 3.91. The number of methoxy groups -OCH3 is 1. The second kappa shape index (κ2) is 7.43. The minimum absolute atomic E-state index is 0.0630. The lowest BCUT2D eigenvalue weighted by Gasteiger charge is -2.35. The van der Waals surface area contributed by atoms with Crippen LogP contribution in [0, 0.1) is 0 Å². The van der Waals surface area contributed by atoms with Crippen LogP contribution in [0.3, 0.4) is 0 Å². The van der Waals surface area contributed by atoms with Crippen LogP contribution in [0.2, 0.25) is 0 Å². The van der Waals surface area contributed by atoms with Gasteiger partial charge in [0, 0.05) is 32.8 Å². The van der Waals surface area contributed by atoms with Gasteiger partial charge in [0.15, 0.2) is 0 Å². The topological polar surface area (TPSA) is 53.6 Å². The van der Waals surface area contributed by atoms with Crippen molar-refractivity contribution in [3.8, 4) is 0 Å². The zero-order valence-electron chi connectivity index (χ0n) is 13.9. The summed E-state index contributed by atoms with van der Waals surface area (Å²) in [4.78, 5) is 15.1. The molecule has 2 N–H and O–H groups in total. The van der Waals surface area contributed by atoms with Gasteiger partial charge in [0.05, 0.1) is 0 Å². The first-order valence-electron chi connectivity index (χ1n) is 8.55. The van der Waals surface area contributed by atoms with Crippen molar-refractivity contribution in [2.24, 2.45) is 0 Å². The Morgan fingerprint density at radius 2 is 2.09 bits per heavy atom. The highest BCUT2D eigenvalue weighted by molar-refractivity contribution is 5.85. The number of hydrogen-bond acceptors (Lipinski definition) is 4. The number of carbonyl (C=O) groups is 1. The minimum atomic E-state index is -0.641. The first kappa shape index (κ1) is 16.4. The van der Waals surface area contributed by atoms with Gasteiger partial charge in [-0.2, -0.15) is 0 Å². The molecule has 0 aliphatic carbocycles. The molecule has 3 rings (SSSR count). The molecule has 2 aliphatic heterocycles. The first-order chi connectivity index (χ1) is 11.2. The van der Waals surface area contributed by atoms with Crippen molar-refractivity contribution in [2.75, 3.05) is 33.3 Å². The molecule has 1 aromatic rings. The van der Waals surface area contributed by atoms with E-state index >= 15 is 0 Å². The van der Waals surface area contributed by atoms with E-state index in [0.717, 1.165) is 52.0 Å². The van der Waals surface area contributed by atoms with Gasteiger partial charge in [-0.25, -0.2) is 0 Å². The predicted molar refractivity (Wildman–Crippen MR) is 90.1 cm³/mol. The fourth-order valence-electron chi connectivity index (χ4n) is 3.61. The van der Waals surface area contributed by atoms with E-state index in [1.165, 1.54) is 5.56 Å². The maximum Gasteiger partial charge on any atom is 0.252 e. The Bertz CT molecular complexity index is 514. The van der Waals surface area contributed by atoms with Gasteiger partial charge in [-0.1, -0.05) is 30.3 Å². The Morgan fingerprint density at radius 3 is 2.78 bits per heavy atom. The van der Waals surface area contributed by atoms with Crippen LogP contribution in [0.1, 0.15) is 24.8 Å². The zero-order chi connectivity index (χ0) is 16.1. The normalized spacial score (nSPS) is 24.5. The van der Waals surface area contributed by atoms with Gasteiger partial charge >= 0.3 is 0 Å². The third-order valence-electron chi connectivity index (χ3n) is 5.07. The van der Waals surface area contributed by atoms with Crippen molar-refractivity contribution >= 4 is 5.91 Å². The summed E-state index contributed by atoms with van der Waals surface area (Å²) >= 11 is 0. The molecular formula is C18H27N3O2. The van der Waals surface area contributed by atoms with Crippen molar-refractivity contribution < 1.29 is 9.53 Å². The van der Waals surface area contributed by atoms with E-state index in [1.807, 2.05) is 6.07 Å². The molecule has 2 aliphatic rings. The van der Waals surface area contributed by atoms with Crippen LogP contribution in [-0.2, 0) is 16.1 Å². The van der Waals surface area contributed by atoms with Gasteiger partial charge in [-0.15, -0.1) is 0 Å². The number of likely N-dealkylation sites (tertiary alicyclic amines) is 1. The molecule has 0 spiro atoms. The van der Waals surface area contributed by atoms with E-state index in [4.69, 9.17) is 4.74 Å². The number of nitrogens with one attached hydrogen (secondary N) is 2. The predicted octanol–water partition coefficient (Wildman–Crippen LogP) is 1.15. The molecule has 2 heterocycles. The Kier molecular flexibility index (Phi) is 5.30. The van der Waals surface area contributed by atoms with Crippen LogP contribution in [0.25, 0.3) is 0 Å². The monoisotopic (exact) mass is 317 g/mol. The molecule has 23 heavy (non-hydrogen) atoms. The number of nitrogens with zero attached hydrogens (tertiary/aromatic N) is 1. The number of piperidine rings is 1. The number of amides is 1. The van der Waals surface area contributed by atoms with E-state index in [2.05, 4.69) is 39.8 Å². The minimum Gasteiger partial charge on any atom is -0.368 e. The second-order valence-corrected chi connectivity index (χ2v) is 6.63. The van der Waals surface area contributed by atoms with Crippen molar-refractivity contribution in [3.05, 3.63) is 35.9 Å². The molecular weight excluding hydrogens is 290 g/mol. The zero-order valence-corrected chi connectivity index (χ0v) is 13.9. The highest BCUT2D eigenvalue weighted by atomic mass is 16.5. The molecule has 1 amide bonds. The Labute approximate surface area is 138 Å². The molecule has 1 atom stereocenters. The number of rotatable bonds is 5. The summed E-state index contributed by atoms with van der Waals surface area (Å²) in [5, 5.41) is 6.51. The molecule has 0 bridgehead atoms. The van der Waals surface area contributed by atoms with E-state index in [9.17, 15) is 4.79 Å². The molecule has 1 aromatic carbocycles. The van der Waals surface area contributed by atoms with E-state index in [1.54, 1.807) is 7.11 Å². The molecule has 0 saturated carbocycles. The summed E-state index contributed by atoms with van der Waals surface area (Å²) in [5.41, 5.74) is 0.684. The molecule has 0 radical (unpaired) electrons. The van der Waals surface area contributed by atoms with Crippen LogP contribution in [-0.4, -0.2) is 55.7 Å². The second-order valence-electron chi connectivity index (χ2n) is 6.63. The summed E-state index contributed by atoms with van der Waals surface area (Å²) in [7, 11) is 1.65. The smallest absolute Gasteiger partial charge is 0.252 e. The van der Waals surface area contributed by atoms with Crippen LogP contribution in [0.4, 0.5) is 0 Å². The SMILES string of the molecule is COC1(C(=O)NC2CCN(Cc3ccccc3)C2)CCNCC1. The van der Waals surface area contributed by atoms with Gasteiger partial charge in [0.25, 0.3) is 5.91 Å². The van der Waals surface area contributed by atoms with Crippen molar-refractivity contribution in [1.82, 2.24) is 15.5 Å². The molecule has 126 valence electrons. The third-order valence-corrected chi connectivity index (χ3v) is 5.07. The summed E-state index contributed by atoms with van der Waals surface area (Å²) in [6.45, 7) is 4.57. The van der Waals surface area contributed by atoms with E-state index < -0.39 is 5.60 Å². The molecule has 5 nitrogen and oxygen atoms in total. The molecule has 1 unspecified atom stereocenters. The number of carbonyl (C=O) groups excluding carboxylic acids is 1. The number of ether oxygens (including phenoxy) is 1. The molecule has 0 aromatic heterocycles. The number of benzene rings is 1. The fraction of sp³-hybridized carbons (Fsp3) is 0.611. The van der Waals surface area contributed by atoms with Gasteiger partial charge < -0.3 is 15.4 Å². The summed E-state index contributed by atoms with van der Waals surface area (Å²) in [6, 6.07) is 10.7. The summed E-state index contributed by atoms with van der Waals surface area (Å²) in [6.07, 6.45) is 2.50. The van der Waals surface area contributed by atoms with Crippen LogP contribution >= 0.6 is 0 Å². The van der Waals surface area contributed by atoms with Gasteiger partial charge in [0.1, 0.15) is 5.60 Å². The van der Waals surface area contributed by atoms with Crippen LogP contribution in [0.15, 0.2) is 30.3 Å². The van der Waals surface area contributed by atoms with Crippen molar-refractivity contribution in [3.63, 3.8) is 0 Å².